The average molecular weight is 333 g/mol. The van der Waals surface area contributed by atoms with Crippen molar-refractivity contribution in [2.75, 3.05) is 66.6 Å². The number of likely N-dealkylation sites (tertiary alicyclic amines) is 1. The molecule has 0 N–H and O–H groups in total. The third-order valence-electron chi connectivity index (χ3n) is 5.19. The van der Waals surface area contributed by atoms with Gasteiger partial charge in [-0.05, 0) is 19.5 Å². The van der Waals surface area contributed by atoms with Gasteiger partial charge in [0.2, 0.25) is 0 Å². The summed E-state index contributed by atoms with van der Waals surface area (Å²) >= 11 is 0. The van der Waals surface area contributed by atoms with E-state index < -0.39 is 0 Å². The fourth-order valence-corrected chi connectivity index (χ4v) is 3.51. The molecule has 24 heavy (non-hydrogen) atoms. The molecule has 0 spiro atoms. The molecule has 0 amide bonds. The fraction of sp³-hybridized carbons (Fsp3) is 0.684. The molecule has 2 aliphatic rings. The first-order valence-corrected chi connectivity index (χ1v) is 9.11. The van der Waals surface area contributed by atoms with Gasteiger partial charge in [0, 0.05) is 65.0 Å². The van der Waals surface area contributed by atoms with Crippen LogP contribution in [-0.2, 0) is 11.3 Å². The van der Waals surface area contributed by atoms with Gasteiger partial charge >= 0.3 is 0 Å². The molecule has 3 rings (SSSR count). The molecule has 0 aliphatic carbocycles. The lowest BCUT2D eigenvalue weighted by molar-refractivity contribution is 0.107. The molecule has 2 heterocycles. The van der Waals surface area contributed by atoms with Crippen molar-refractivity contribution in [1.29, 1.82) is 0 Å². The molecule has 5 nitrogen and oxygen atoms in total. The summed E-state index contributed by atoms with van der Waals surface area (Å²) in [5.74, 6) is 1.03. The van der Waals surface area contributed by atoms with Gasteiger partial charge in [0.25, 0.3) is 0 Å². The second-order valence-electron chi connectivity index (χ2n) is 6.98. The van der Waals surface area contributed by atoms with Crippen LogP contribution in [0.1, 0.15) is 12.0 Å². The lowest BCUT2D eigenvalue weighted by atomic mass is 10.2. The summed E-state index contributed by atoms with van der Waals surface area (Å²) in [5, 5.41) is 0. The van der Waals surface area contributed by atoms with Crippen LogP contribution < -0.4 is 4.74 Å². The number of piperazine rings is 1. The van der Waals surface area contributed by atoms with Crippen LogP contribution >= 0.6 is 0 Å². The van der Waals surface area contributed by atoms with Crippen LogP contribution in [0.5, 0.6) is 5.75 Å². The number of hydrogen-bond acceptors (Lipinski definition) is 5. The summed E-state index contributed by atoms with van der Waals surface area (Å²) in [7, 11) is 4.00. The predicted octanol–water partition coefficient (Wildman–Crippen LogP) is 1.53. The topological polar surface area (TPSA) is 28.2 Å². The van der Waals surface area contributed by atoms with E-state index in [2.05, 4.69) is 46.0 Å². The van der Waals surface area contributed by atoms with E-state index in [-0.39, 0.29) is 0 Å². The molecule has 2 saturated heterocycles. The Bertz CT molecular complexity index is 503. The monoisotopic (exact) mass is 333 g/mol. The van der Waals surface area contributed by atoms with Gasteiger partial charge in [-0.3, -0.25) is 9.80 Å². The van der Waals surface area contributed by atoms with Crippen LogP contribution in [0, 0.1) is 0 Å². The van der Waals surface area contributed by atoms with Gasteiger partial charge in [0.1, 0.15) is 12.4 Å². The first-order chi connectivity index (χ1) is 11.7. The Kier molecular flexibility index (Phi) is 6.49. The summed E-state index contributed by atoms with van der Waals surface area (Å²) in [6, 6.07) is 8.46. The Morgan fingerprint density at radius 3 is 2.58 bits per heavy atom. The Labute approximate surface area is 146 Å². The van der Waals surface area contributed by atoms with E-state index in [1.165, 1.54) is 5.56 Å². The highest BCUT2D eigenvalue weighted by atomic mass is 16.5. The van der Waals surface area contributed by atoms with Crippen LogP contribution in [0.4, 0.5) is 0 Å². The first-order valence-electron chi connectivity index (χ1n) is 9.11. The van der Waals surface area contributed by atoms with Gasteiger partial charge in [0.15, 0.2) is 0 Å². The van der Waals surface area contributed by atoms with Gasteiger partial charge in [-0.1, -0.05) is 18.2 Å². The maximum atomic E-state index is 6.12. The lowest BCUT2D eigenvalue weighted by Crippen LogP contribution is -2.45. The number of rotatable bonds is 7. The molecule has 1 atom stereocenters. The minimum Gasteiger partial charge on any atom is -0.492 e. The number of hydrogen-bond donors (Lipinski definition) is 0. The molecule has 2 fully saturated rings. The summed E-state index contributed by atoms with van der Waals surface area (Å²) in [5.41, 5.74) is 1.28. The van der Waals surface area contributed by atoms with Gasteiger partial charge in [-0.2, -0.15) is 0 Å². The molecule has 0 aromatic heterocycles. The van der Waals surface area contributed by atoms with Crippen molar-refractivity contribution in [3.8, 4) is 5.75 Å². The minimum atomic E-state index is 0.385. The molecule has 0 radical (unpaired) electrons. The minimum absolute atomic E-state index is 0.385. The Morgan fingerprint density at radius 1 is 1.04 bits per heavy atom. The van der Waals surface area contributed by atoms with E-state index >= 15 is 0 Å². The molecule has 0 saturated carbocycles. The normalized spacial score (nSPS) is 23.7. The quantitative estimate of drug-likeness (QED) is 0.755. The van der Waals surface area contributed by atoms with Gasteiger partial charge < -0.3 is 14.4 Å². The van der Waals surface area contributed by atoms with Crippen LogP contribution in [0.3, 0.4) is 0 Å². The zero-order valence-electron chi connectivity index (χ0n) is 15.1. The Morgan fingerprint density at radius 2 is 1.83 bits per heavy atom. The number of benzene rings is 1. The van der Waals surface area contributed by atoms with Gasteiger partial charge in [0.05, 0.1) is 6.10 Å². The largest absolute Gasteiger partial charge is 0.492 e. The highest BCUT2D eigenvalue weighted by Gasteiger charge is 2.22. The van der Waals surface area contributed by atoms with Crippen LogP contribution in [0.15, 0.2) is 24.3 Å². The summed E-state index contributed by atoms with van der Waals surface area (Å²) < 4.78 is 11.6. The van der Waals surface area contributed by atoms with E-state index in [0.717, 1.165) is 71.1 Å². The average Bonchev–Trinajstić information content (AvgIpc) is 3.06. The summed E-state index contributed by atoms with van der Waals surface area (Å²) in [6.07, 6.45) is 1.51. The number of ether oxygens (including phenoxy) is 2. The third-order valence-corrected chi connectivity index (χ3v) is 5.19. The van der Waals surface area contributed by atoms with Crippen molar-refractivity contribution < 1.29 is 9.47 Å². The van der Waals surface area contributed by atoms with Gasteiger partial charge in [-0.25, -0.2) is 0 Å². The smallest absolute Gasteiger partial charge is 0.123 e. The zero-order valence-corrected chi connectivity index (χ0v) is 15.1. The van der Waals surface area contributed by atoms with E-state index in [1.54, 1.807) is 0 Å². The molecule has 0 unspecified atom stereocenters. The number of para-hydroxylation sites is 1. The lowest BCUT2D eigenvalue weighted by Gasteiger charge is -2.32. The Balaban J connectivity index is 1.47. The second kappa shape index (κ2) is 8.81. The standard InChI is InChI=1S/C19H31N3O2/c1-20-9-11-21(12-10-20)13-14-24-19-6-4-3-5-17(19)15-22-8-7-18(16-22)23-2/h3-6,18H,7-16H2,1-2H3/t18-/m0/s1. The van der Waals surface area contributed by atoms with Crippen LogP contribution in [-0.4, -0.2) is 87.4 Å². The van der Waals surface area contributed by atoms with Crippen molar-refractivity contribution in [2.45, 2.75) is 19.1 Å². The van der Waals surface area contributed by atoms with Crippen LogP contribution in [0.2, 0.25) is 0 Å². The fourth-order valence-electron chi connectivity index (χ4n) is 3.51. The Hall–Kier alpha value is -1.14. The molecular weight excluding hydrogens is 302 g/mol. The number of methoxy groups -OCH3 is 1. The van der Waals surface area contributed by atoms with Gasteiger partial charge in [-0.15, -0.1) is 0 Å². The van der Waals surface area contributed by atoms with E-state index in [9.17, 15) is 0 Å². The maximum Gasteiger partial charge on any atom is 0.123 e. The SMILES string of the molecule is CO[C@H]1CCN(Cc2ccccc2OCCN2CCN(C)CC2)C1. The summed E-state index contributed by atoms with van der Waals surface area (Å²) in [6.45, 7) is 9.46. The van der Waals surface area contributed by atoms with Crippen molar-refractivity contribution in [3.63, 3.8) is 0 Å². The second-order valence-corrected chi connectivity index (χ2v) is 6.98. The van der Waals surface area contributed by atoms with Crippen molar-refractivity contribution in [2.24, 2.45) is 0 Å². The number of likely N-dealkylation sites (N-methyl/N-ethyl adjacent to an activating group) is 1. The summed E-state index contributed by atoms with van der Waals surface area (Å²) in [4.78, 5) is 7.33. The van der Waals surface area contributed by atoms with E-state index in [0.29, 0.717) is 6.10 Å². The maximum absolute atomic E-state index is 6.12. The molecule has 0 bridgehead atoms. The van der Waals surface area contributed by atoms with Crippen molar-refractivity contribution >= 4 is 0 Å². The predicted molar refractivity (Wildman–Crippen MR) is 96.6 cm³/mol. The number of nitrogens with zero attached hydrogens (tertiary/aromatic N) is 3. The van der Waals surface area contributed by atoms with Crippen molar-refractivity contribution in [3.05, 3.63) is 29.8 Å². The van der Waals surface area contributed by atoms with Crippen molar-refractivity contribution in [1.82, 2.24) is 14.7 Å². The zero-order chi connectivity index (χ0) is 16.8. The highest BCUT2D eigenvalue weighted by Crippen LogP contribution is 2.22. The molecule has 5 heteroatoms. The molecular formula is C19H31N3O2. The first kappa shape index (κ1) is 17.7. The highest BCUT2D eigenvalue weighted by molar-refractivity contribution is 5.33. The molecule has 1 aromatic carbocycles. The molecule has 2 aliphatic heterocycles. The van der Waals surface area contributed by atoms with E-state index in [1.807, 2.05) is 7.11 Å². The van der Waals surface area contributed by atoms with Crippen LogP contribution in [0.25, 0.3) is 0 Å². The molecule has 134 valence electrons. The third kappa shape index (κ3) is 4.93. The molecule has 1 aromatic rings. The van der Waals surface area contributed by atoms with E-state index in [4.69, 9.17) is 9.47 Å².